The Morgan fingerprint density at radius 1 is 0.947 bits per heavy atom. The highest BCUT2D eigenvalue weighted by Crippen LogP contribution is 2.30. The van der Waals surface area contributed by atoms with Crippen molar-refractivity contribution in [3.63, 3.8) is 0 Å². The number of carbonyl (C=O) groups excluding carboxylic acids is 1. The van der Waals surface area contributed by atoms with E-state index in [1.54, 1.807) is 6.07 Å². The van der Waals surface area contributed by atoms with E-state index in [1.165, 1.54) is 7.11 Å². The van der Waals surface area contributed by atoms with Crippen LogP contribution in [0, 0.1) is 10.8 Å². The van der Waals surface area contributed by atoms with Gasteiger partial charge in [0.15, 0.2) is 7.11 Å². The zero-order valence-electron chi connectivity index (χ0n) is 22.2. The summed E-state index contributed by atoms with van der Waals surface area (Å²) in [7, 11) is 1.35. The molecule has 0 unspecified atom stereocenters. The van der Waals surface area contributed by atoms with Gasteiger partial charge in [-0.2, -0.15) is 0 Å². The average Bonchev–Trinajstić information content (AvgIpc) is 3.30. The van der Waals surface area contributed by atoms with Gasteiger partial charge in [0, 0.05) is 63.0 Å². The molecular weight excluding hydrogens is 478 g/mol. The van der Waals surface area contributed by atoms with E-state index in [0.717, 1.165) is 59.9 Å². The maximum Gasteiger partial charge on any atom is 0.317 e. The number of benzene rings is 2. The van der Waals surface area contributed by atoms with E-state index in [-0.39, 0.29) is 5.91 Å². The zero-order valence-corrected chi connectivity index (χ0v) is 22.2. The number of carbonyl (C=O) groups is 1. The quantitative estimate of drug-likeness (QED) is 0.299. The Balaban J connectivity index is 1.50. The molecule has 0 radical (unpaired) electrons. The second kappa shape index (κ2) is 11.1. The lowest BCUT2D eigenvalue weighted by Gasteiger charge is -2.35. The second-order valence-corrected chi connectivity index (χ2v) is 10.2. The molecule has 1 amide bonds. The summed E-state index contributed by atoms with van der Waals surface area (Å²) in [5.41, 5.74) is 6.23. The average molecular weight is 513 g/mol. The number of imidazole rings is 1. The fourth-order valence-electron chi connectivity index (χ4n) is 4.99. The monoisotopic (exact) mass is 512 g/mol. The van der Waals surface area contributed by atoms with Crippen LogP contribution in [0.5, 0.6) is 0 Å². The van der Waals surface area contributed by atoms with Gasteiger partial charge in [0.25, 0.3) is 4.92 Å². The first-order chi connectivity index (χ1) is 18.4. The van der Waals surface area contributed by atoms with Gasteiger partial charge in [-0.3, -0.25) is 9.69 Å². The fourth-order valence-corrected chi connectivity index (χ4v) is 4.99. The minimum Gasteiger partial charge on any atom is -0.340 e. The molecule has 0 bridgehead atoms. The predicted molar refractivity (Wildman–Crippen MR) is 148 cm³/mol. The standard InChI is InChI=1S/C30H34N5O3/c1-22(2)18-29(36)33-16-14-32(15-17-33)21-27-30(24-10-7-11-26(19-24)35(37)38-3)31-28-13-12-25(20-34(27)28)23-8-5-4-6-9-23/h4-13,19-20,22H,14-18,21H2,1-3H3/q+1. The summed E-state index contributed by atoms with van der Waals surface area (Å²) >= 11 is 0. The lowest BCUT2D eigenvalue weighted by Crippen LogP contribution is -2.48. The number of piperazine rings is 1. The lowest BCUT2D eigenvalue weighted by atomic mass is 10.1. The summed E-state index contributed by atoms with van der Waals surface area (Å²) in [5.74, 6) is 0.596. The van der Waals surface area contributed by atoms with Crippen LogP contribution in [0.25, 0.3) is 28.0 Å². The summed E-state index contributed by atoms with van der Waals surface area (Å²) in [4.78, 5) is 39.5. The van der Waals surface area contributed by atoms with E-state index < -0.39 is 0 Å². The van der Waals surface area contributed by atoms with Crippen LogP contribution in [0.2, 0.25) is 0 Å². The van der Waals surface area contributed by atoms with Gasteiger partial charge >= 0.3 is 5.69 Å². The van der Waals surface area contributed by atoms with E-state index in [0.29, 0.717) is 29.5 Å². The largest absolute Gasteiger partial charge is 0.340 e. The Kier molecular flexibility index (Phi) is 7.51. The molecule has 0 spiro atoms. The molecule has 1 aliphatic heterocycles. The Bertz CT molecular complexity index is 1440. The Hall–Kier alpha value is -4.04. The Morgan fingerprint density at radius 2 is 1.68 bits per heavy atom. The normalized spacial score (nSPS) is 14.3. The van der Waals surface area contributed by atoms with Gasteiger partial charge in [0.05, 0.1) is 16.3 Å². The fraction of sp³-hybridized carbons (Fsp3) is 0.333. The number of fused-ring (bicyclic) bond motifs is 1. The molecule has 1 saturated heterocycles. The van der Waals surface area contributed by atoms with Crippen LogP contribution >= 0.6 is 0 Å². The molecule has 5 rings (SSSR count). The number of pyridine rings is 1. The molecule has 8 heteroatoms. The van der Waals surface area contributed by atoms with Crippen molar-refractivity contribution >= 4 is 17.2 Å². The smallest absolute Gasteiger partial charge is 0.317 e. The number of aromatic nitrogens is 2. The van der Waals surface area contributed by atoms with Crippen molar-refractivity contribution in [2.45, 2.75) is 26.8 Å². The molecule has 0 N–H and O–H groups in total. The SMILES string of the molecule is CO[N+](=O)c1cccc(-c2nc3ccc(-c4ccccc4)cn3c2CN2CCN(C(=O)CC(C)C)CC2)c1. The van der Waals surface area contributed by atoms with Gasteiger partial charge in [0.1, 0.15) is 5.65 Å². The Labute approximate surface area is 223 Å². The topological polar surface area (TPSA) is 70.2 Å². The molecule has 4 aromatic rings. The molecular formula is C30H34N5O3+. The first-order valence-electron chi connectivity index (χ1n) is 13.1. The molecule has 1 fully saturated rings. The van der Waals surface area contributed by atoms with E-state index in [2.05, 4.69) is 47.5 Å². The highest BCUT2D eigenvalue weighted by molar-refractivity contribution is 5.76. The second-order valence-electron chi connectivity index (χ2n) is 10.2. The third-order valence-corrected chi connectivity index (χ3v) is 7.00. The predicted octanol–water partition coefficient (Wildman–Crippen LogP) is 5.33. The van der Waals surface area contributed by atoms with Crippen molar-refractivity contribution in [1.29, 1.82) is 0 Å². The molecule has 2 aromatic heterocycles. The van der Waals surface area contributed by atoms with Gasteiger partial charge in [0.2, 0.25) is 5.91 Å². The number of hydrogen-bond acceptors (Lipinski definition) is 5. The van der Waals surface area contributed by atoms with Crippen LogP contribution in [0.4, 0.5) is 5.69 Å². The Morgan fingerprint density at radius 3 is 2.39 bits per heavy atom. The maximum atomic E-state index is 12.6. The van der Waals surface area contributed by atoms with Crippen molar-refractivity contribution in [3.8, 4) is 22.4 Å². The highest BCUT2D eigenvalue weighted by Gasteiger charge is 2.25. The van der Waals surface area contributed by atoms with Gasteiger partial charge in [-0.1, -0.05) is 56.3 Å². The summed E-state index contributed by atoms with van der Waals surface area (Å²) in [6.07, 6.45) is 2.73. The first-order valence-corrected chi connectivity index (χ1v) is 13.1. The molecule has 0 saturated carbocycles. The van der Waals surface area contributed by atoms with Crippen molar-refractivity contribution in [3.05, 3.63) is 83.5 Å². The lowest BCUT2D eigenvalue weighted by molar-refractivity contribution is -0.736. The van der Waals surface area contributed by atoms with Crippen molar-refractivity contribution < 1.29 is 14.6 Å². The molecule has 196 valence electrons. The highest BCUT2D eigenvalue weighted by atomic mass is 16.8. The number of rotatable bonds is 8. The zero-order chi connectivity index (χ0) is 26.6. The van der Waals surface area contributed by atoms with Gasteiger partial charge < -0.3 is 9.30 Å². The minimum atomic E-state index is 0.236. The van der Waals surface area contributed by atoms with Crippen molar-refractivity contribution in [2.75, 3.05) is 33.3 Å². The van der Waals surface area contributed by atoms with Gasteiger partial charge in [-0.15, -0.1) is 0 Å². The summed E-state index contributed by atoms with van der Waals surface area (Å²) in [6, 6.07) is 21.8. The summed E-state index contributed by atoms with van der Waals surface area (Å²) < 4.78 is 2.16. The third kappa shape index (κ3) is 5.45. The van der Waals surface area contributed by atoms with E-state index >= 15 is 0 Å². The van der Waals surface area contributed by atoms with Crippen LogP contribution in [0.15, 0.2) is 72.9 Å². The van der Waals surface area contributed by atoms with Gasteiger partial charge in [-0.25, -0.2) is 9.82 Å². The van der Waals surface area contributed by atoms with E-state index in [4.69, 9.17) is 9.82 Å². The summed E-state index contributed by atoms with van der Waals surface area (Å²) in [5, 5.41) is 0. The molecule has 3 heterocycles. The van der Waals surface area contributed by atoms with Crippen LogP contribution in [-0.2, 0) is 16.2 Å². The van der Waals surface area contributed by atoms with Crippen molar-refractivity contribution in [2.24, 2.45) is 5.92 Å². The van der Waals surface area contributed by atoms with Crippen LogP contribution in [0.1, 0.15) is 26.0 Å². The maximum absolute atomic E-state index is 12.6. The molecule has 1 aliphatic rings. The molecule has 8 nitrogen and oxygen atoms in total. The van der Waals surface area contributed by atoms with E-state index in [9.17, 15) is 9.70 Å². The number of nitrogens with zero attached hydrogens (tertiary/aromatic N) is 5. The minimum absolute atomic E-state index is 0.236. The van der Waals surface area contributed by atoms with Gasteiger partial charge in [-0.05, 0) is 29.2 Å². The van der Waals surface area contributed by atoms with Crippen LogP contribution < -0.4 is 0 Å². The van der Waals surface area contributed by atoms with Crippen LogP contribution in [-0.4, -0.2) is 63.3 Å². The molecule has 2 aromatic carbocycles. The first kappa shape index (κ1) is 25.6. The summed E-state index contributed by atoms with van der Waals surface area (Å²) in [6.45, 7) is 7.88. The molecule has 38 heavy (non-hydrogen) atoms. The van der Waals surface area contributed by atoms with E-state index in [1.807, 2.05) is 47.4 Å². The molecule has 0 aliphatic carbocycles. The molecule has 0 atom stereocenters. The number of hydrogen-bond donors (Lipinski definition) is 0. The number of amides is 1. The third-order valence-electron chi connectivity index (χ3n) is 7.00. The van der Waals surface area contributed by atoms with Crippen LogP contribution in [0.3, 0.4) is 0 Å². The van der Waals surface area contributed by atoms with Crippen molar-refractivity contribution in [1.82, 2.24) is 19.2 Å².